The molecule has 0 aliphatic carbocycles. The maximum atomic E-state index is 10.6. The van der Waals surface area contributed by atoms with Gasteiger partial charge in [0.15, 0.2) is 5.69 Å². The van der Waals surface area contributed by atoms with Crippen LogP contribution in [-0.4, -0.2) is 40.0 Å². The third-order valence-electron chi connectivity index (χ3n) is 2.72. The van der Waals surface area contributed by atoms with E-state index in [0.29, 0.717) is 11.9 Å². The smallest absolute Gasteiger partial charge is 0.356 e. The first-order valence-corrected chi connectivity index (χ1v) is 5.60. The number of ether oxygens (including phenoxy) is 1. The molecule has 1 aliphatic heterocycles. The average molecular weight is 237 g/mol. The van der Waals surface area contributed by atoms with Gasteiger partial charge in [-0.25, -0.2) is 4.79 Å². The lowest BCUT2D eigenvalue weighted by Crippen LogP contribution is -2.32. The van der Waals surface area contributed by atoms with E-state index < -0.39 is 5.97 Å². The first-order chi connectivity index (χ1) is 8.15. The molecule has 0 spiro atoms. The zero-order valence-corrected chi connectivity index (χ0v) is 9.59. The molecule has 0 bridgehead atoms. The van der Waals surface area contributed by atoms with Gasteiger partial charge in [0.25, 0.3) is 0 Å². The van der Waals surface area contributed by atoms with Crippen molar-refractivity contribution in [3.8, 4) is 0 Å². The van der Waals surface area contributed by atoms with Crippen LogP contribution in [0.1, 0.15) is 30.3 Å². The zero-order chi connectivity index (χ0) is 12.3. The zero-order valence-electron chi connectivity index (χ0n) is 9.59. The Labute approximate surface area is 99.0 Å². The third kappa shape index (κ3) is 3.13. The summed E-state index contributed by atoms with van der Waals surface area (Å²) in [6.45, 7) is 2.77. The molecule has 92 valence electrons. The Balaban J connectivity index is 1.96. The second-order valence-corrected chi connectivity index (χ2v) is 4.16. The molecule has 1 saturated heterocycles. The molecule has 1 fully saturated rings. The summed E-state index contributed by atoms with van der Waals surface area (Å²) in [7, 11) is 0. The van der Waals surface area contributed by atoms with Gasteiger partial charge in [0, 0.05) is 12.6 Å². The molecular formula is C11H15N3O3. The summed E-state index contributed by atoms with van der Waals surface area (Å²) < 4.78 is 5.44. The van der Waals surface area contributed by atoms with Gasteiger partial charge in [0.1, 0.15) is 5.82 Å². The van der Waals surface area contributed by atoms with Crippen LogP contribution in [0.3, 0.4) is 0 Å². The Morgan fingerprint density at radius 3 is 2.94 bits per heavy atom. The number of aromatic carboxylic acids is 1. The highest BCUT2D eigenvalue weighted by Crippen LogP contribution is 2.17. The Bertz CT molecular complexity index is 393. The lowest BCUT2D eigenvalue weighted by molar-refractivity contribution is 0.0231. The summed E-state index contributed by atoms with van der Waals surface area (Å²) in [5.41, 5.74) is -0.0455. The molecule has 1 aromatic rings. The number of carbonyl (C=O) groups is 1. The van der Waals surface area contributed by atoms with Crippen LogP contribution in [0.5, 0.6) is 0 Å². The van der Waals surface area contributed by atoms with Crippen molar-refractivity contribution in [2.24, 2.45) is 0 Å². The molecule has 0 radical (unpaired) electrons. The maximum absolute atomic E-state index is 10.6. The van der Waals surface area contributed by atoms with E-state index in [2.05, 4.69) is 15.5 Å². The minimum atomic E-state index is -1.07. The van der Waals surface area contributed by atoms with Gasteiger partial charge in [-0.3, -0.25) is 0 Å². The SMILES string of the molecule is CC1CC(Nc2ccc(C(=O)O)nn2)CCO1. The highest BCUT2D eigenvalue weighted by molar-refractivity contribution is 5.85. The van der Waals surface area contributed by atoms with Gasteiger partial charge >= 0.3 is 5.97 Å². The van der Waals surface area contributed by atoms with E-state index in [0.717, 1.165) is 19.4 Å². The van der Waals surface area contributed by atoms with E-state index in [1.807, 2.05) is 6.92 Å². The molecule has 0 saturated carbocycles. The van der Waals surface area contributed by atoms with Crippen LogP contribution >= 0.6 is 0 Å². The van der Waals surface area contributed by atoms with E-state index in [1.54, 1.807) is 6.07 Å². The second-order valence-electron chi connectivity index (χ2n) is 4.16. The van der Waals surface area contributed by atoms with Gasteiger partial charge in [-0.2, -0.15) is 0 Å². The van der Waals surface area contributed by atoms with Crippen LogP contribution in [0.25, 0.3) is 0 Å². The van der Waals surface area contributed by atoms with E-state index in [4.69, 9.17) is 9.84 Å². The number of hydrogen-bond donors (Lipinski definition) is 2. The lowest BCUT2D eigenvalue weighted by atomic mass is 10.0. The minimum absolute atomic E-state index is 0.0455. The summed E-state index contributed by atoms with van der Waals surface area (Å²) in [5, 5.41) is 19.4. The predicted octanol–water partition coefficient (Wildman–Crippen LogP) is 1.15. The van der Waals surface area contributed by atoms with Crippen molar-refractivity contribution in [2.45, 2.75) is 31.9 Å². The fourth-order valence-corrected chi connectivity index (χ4v) is 1.86. The second kappa shape index (κ2) is 5.09. The largest absolute Gasteiger partial charge is 0.476 e. The van der Waals surface area contributed by atoms with Crippen LogP contribution in [-0.2, 0) is 4.74 Å². The van der Waals surface area contributed by atoms with Crippen LogP contribution < -0.4 is 5.32 Å². The van der Waals surface area contributed by atoms with Crippen molar-refractivity contribution < 1.29 is 14.6 Å². The number of carboxylic acids is 1. The van der Waals surface area contributed by atoms with Gasteiger partial charge in [0.2, 0.25) is 0 Å². The lowest BCUT2D eigenvalue weighted by Gasteiger charge is -2.28. The first-order valence-electron chi connectivity index (χ1n) is 5.60. The van der Waals surface area contributed by atoms with Crippen molar-refractivity contribution in [3.05, 3.63) is 17.8 Å². The minimum Gasteiger partial charge on any atom is -0.476 e. The Morgan fingerprint density at radius 2 is 2.35 bits per heavy atom. The Kier molecular flexibility index (Phi) is 3.53. The van der Waals surface area contributed by atoms with E-state index in [9.17, 15) is 4.79 Å². The molecule has 6 heteroatoms. The molecule has 2 rings (SSSR count). The first kappa shape index (κ1) is 11.8. The third-order valence-corrected chi connectivity index (χ3v) is 2.72. The summed E-state index contributed by atoms with van der Waals surface area (Å²) in [6, 6.07) is 3.39. The number of nitrogens with zero attached hydrogens (tertiary/aromatic N) is 2. The van der Waals surface area contributed by atoms with E-state index >= 15 is 0 Å². The predicted molar refractivity (Wildman–Crippen MR) is 61.1 cm³/mol. The van der Waals surface area contributed by atoms with Crippen molar-refractivity contribution in [2.75, 3.05) is 11.9 Å². The summed E-state index contributed by atoms with van der Waals surface area (Å²) in [4.78, 5) is 10.6. The van der Waals surface area contributed by atoms with Gasteiger partial charge in [-0.1, -0.05) is 0 Å². The van der Waals surface area contributed by atoms with Crippen LogP contribution in [0, 0.1) is 0 Å². The van der Waals surface area contributed by atoms with E-state index in [1.165, 1.54) is 6.07 Å². The molecule has 6 nitrogen and oxygen atoms in total. The van der Waals surface area contributed by atoms with Crippen molar-refractivity contribution >= 4 is 11.8 Å². The highest BCUT2D eigenvalue weighted by atomic mass is 16.5. The Hall–Kier alpha value is -1.69. The van der Waals surface area contributed by atoms with Crippen molar-refractivity contribution in [1.29, 1.82) is 0 Å². The van der Waals surface area contributed by atoms with Gasteiger partial charge in [-0.05, 0) is 31.9 Å². The number of hydrogen-bond acceptors (Lipinski definition) is 5. The monoisotopic (exact) mass is 237 g/mol. The molecule has 0 amide bonds. The molecule has 2 heterocycles. The van der Waals surface area contributed by atoms with E-state index in [-0.39, 0.29) is 11.8 Å². The number of anilines is 1. The van der Waals surface area contributed by atoms with Crippen molar-refractivity contribution in [3.63, 3.8) is 0 Å². The number of aromatic nitrogens is 2. The molecular weight excluding hydrogens is 222 g/mol. The van der Waals surface area contributed by atoms with Gasteiger partial charge in [-0.15, -0.1) is 10.2 Å². The molecule has 2 atom stereocenters. The van der Waals surface area contributed by atoms with Crippen LogP contribution in [0.4, 0.5) is 5.82 Å². The number of nitrogens with one attached hydrogen (secondary N) is 1. The fourth-order valence-electron chi connectivity index (χ4n) is 1.86. The molecule has 1 aliphatic rings. The Morgan fingerprint density at radius 1 is 1.53 bits per heavy atom. The topological polar surface area (TPSA) is 84.3 Å². The van der Waals surface area contributed by atoms with Crippen LogP contribution in [0.2, 0.25) is 0 Å². The number of rotatable bonds is 3. The van der Waals surface area contributed by atoms with Gasteiger partial charge < -0.3 is 15.2 Å². The normalized spacial score (nSPS) is 24.3. The standard InChI is InChI=1S/C11H15N3O3/c1-7-6-8(4-5-17-7)12-10-3-2-9(11(15)16)13-14-10/h2-3,7-8H,4-6H2,1H3,(H,12,14)(H,15,16). The molecule has 17 heavy (non-hydrogen) atoms. The van der Waals surface area contributed by atoms with Crippen molar-refractivity contribution in [1.82, 2.24) is 10.2 Å². The maximum Gasteiger partial charge on any atom is 0.356 e. The average Bonchev–Trinajstić information content (AvgIpc) is 2.29. The fraction of sp³-hybridized carbons (Fsp3) is 0.545. The quantitative estimate of drug-likeness (QED) is 0.820. The highest BCUT2D eigenvalue weighted by Gasteiger charge is 2.19. The molecule has 2 unspecified atom stereocenters. The summed E-state index contributed by atoms with van der Waals surface area (Å²) in [5.74, 6) is -0.460. The molecule has 0 aromatic carbocycles. The van der Waals surface area contributed by atoms with Crippen LogP contribution in [0.15, 0.2) is 12.1 Å². The number of carboxylic acid groups (broad SMARTS) is 1. The van der Waals surface area contributed by atoms with Gasteiger partial charge in [0.05, 0.1) is 6.10 Å². The summed E-state index contributed by atoms with van der Waals surface area (Å²) >= 11 is 0. The molecule has 2 N–H and O–H groups in total. The molecule has 1 aromatic heterocycles. The summed E-state index contributed by atoms with van der Waals surface area (Å²) in [6.07, 6.45) is 2.09.